The van der Waals surface area contributed by atoms with Crippen molar-refractivity contribution in [2.24, 2.45) is 17.3 Å². The highest BCUT2D eigenvalue weighted by atomic mass is 15.2. The van der Waals surface area contributed by atoms with Crippen molar-refractivity contribution in [2.75, 3.05) is 19.6 Å². The lowest BCUT2D eigenvalue weighted by Crippen LogP contribution is -2.54. The topological polar surface area (TPSA) is 15.3 Å². The Morgan fingerprint density at radius 2 is 1.94 bits per heavy atom. The highest BCUT2D eigenvalue weighted by Crippen LogP contribution is 2.42. The highest BCUT2D eigenvalue weighted by molar-refractivity contribution is 4.98. The van der Waals surface area contributed by atoms with Gasteiger partial charge in [-0.2, -0.15) is 0 Å². The molecule has 3 fully saturated rings. The first-order chi connectivity index (χ1) is 8.57. The van der Waals surface area contributed by atoms with Crippen molar-refractivity contribution in [3.05, 3.63) is 0 Å². The fraction of sp³-hybridized carbons (Fsp3) is 1.00. The number of likely N-dealkylation sites (tertiary alicyclic amines) is 1. The van der Waals surface area contributed by atoms with Crippen LogP contribution in [-0.2, 0) is 0 Å². The van der Waals surface area contributed by atoms with E-state index in [1.54, 1.807) is 0 Å². The molecule has 3 aliphatic rings. The molecule has 2 nitrogen and oxygen atoms in total. The lowest BCUT2D eigenvalue weighted by molar-refractivity contribution is 0.00594. The average Bonchev–Trinajstić information content (AvgIpc) is 2.76. The molecule has 2 aliphatic heterocycles. The fourth-order valence-corrected chi connectivity index (χ4v) is 4.94. The molecule has 0 spiro atoms. The van der Waals surface area contributed by atoms with Crippen LogP contribution in [0, 0.1) is 17.3 Å². The van der Waals surface area contributed by atoms with Gasteiger partial charge in [0, 0.05) is 18.6 Å². The monoisotopic (exact) mass is 250 g/mol. The number of nitrogens with zero attached hydrogens (tertiary/aromatic N) is 1. The maximum Gasteiger partial charge on any atom is 0.0264 e. The minimum Gasteiger partial charge on any atom is -0.315 e. The van der Waals surface area contributed by atoms with Gasteiger partial charge >= 0.3 is 0 Å². The summed E-state index contributed by atoms with van der Waals surface area (Å²) in [5.74, 6) is 1.83. The standard InChI is InChI=1S/C16H30N2/c1-12-9-16(2,3)7-6-14(12)18-8-4-5-13-10-17-11-15(13)18/h12-15,17H,4-11H2,1-3H3. The summed E-state index contributed by atoms with van der Waals surface area (Å²) < 4.78 is 0. The third kappa shape index (κ3) is 2.34. The van der Waals surface area contributed by atoms with Crippen LogP contribution in [0.2, 0.25) is 0 Å². The summed E-state index contributed by atoms with van der Waals surface area (Å²) in [6.07, 6.45) is 7.15. The Morgan fingerprint density at radius 1 is 1.11 bits per heavy atom. The molecule has 1 aliphatic carbocycles. The van der Waals surface area contributed by atoms with Crippen molar-refractivity contribution in [3.63, 3.8) is 0 Å². The molecule has 4 atom stereocenters. The Bertz CT molecular complexity index is 299. The fourth-order valence-electron chi connectivity index (χ4n) is 4.94. The number of hydrogen-bond acceptors (Lipinski definition) is 2. The van der Waals surface area contributed by atoms with Crippen LogP contribution in [0.25, 0.3) is 0 Å². The van der Waals surface area contributed by atoms with Gasteiger partial charge in [0.1, 0.15) is 0 Å². The van der Waals surface area contributed by atoms with Crippen LogP contribution in [-0.4, -0.2) is 36.6 Å². The van der Waals surface area contributed by atoms with E-state index in [0.29, 0.717) is 5.41 Å². The number of rotatable bonds is 1. The first kappa shape index (κ1) is 12.9. The normalized spacial score (nSPS) is 44.8. The SMILES string of the molecule is CC1CC(C)(C)CCC1N1CCCC2CNCC21. The van der Waals surface area contributed by atoms with Crippen LogP contribution in [0.4, 0.5) is 0 Å². The van der Waals surface area contributed by atoms with Crippen molar-refractivity contribution in [2.45, 2.75) is 65.0 Å². The van der Waals surface area contributed by atoms with E-state index in [4.69, 9.17) is 0 Å². The summed E-state index contributed by atoms with van der Waals surface area (Å²) in [7, 11) is 0. The van der Waals surface area contributed by atoms with Crippen LogP contribution in [0.5, 0.6) is 0 Å². The molecule has 2 heteroatoms. The predicted molar refractivity (Wildman–Crippen MR) is 76.7 cm³/mol. The largest absolute Gasteiger partial charge is 0.315 e. The summed E-state index contributed by atoms with van der Waals surface area (Å²) in [6.45, 7) is 11.3. The summed E-state index contributed by atoms with van der Waals surface area (Å²) in [5, 5.41) is 3.62. The molecule has 3 rings (SSSR count). The lowest BCUT2D eigenvalue weighted by atomic mass is 9.69. The molecule has 2 heterocycles. The van der Waals surface area contributed by atoms with Gasteiger partial charge in [0.2, 0.25) is 0 Å². The van der Waals surface area contributed by atoms with Gasteiger partial charge in [0.05, 0.1) is 0 Å². The van der Waals surface area contributed by atoms with Crippen molar-refractivity contribution >= 4 is 0 Å². The van der Waals surface area contributed by atoms with Crippen LogP contribution >= 0.6 is 0 Å². The second-order valence-corrected chi connectivity index (χ2v) is 7.82. The van der Waals surface area contributed by atoms with Crippen LogP contribution in [0.1, 0.15) is 52.9 Å². The van der Waals surface area contributed by atoms with Crippen LogP contribution in [0.3, 0.4) is 0 Å². The maximum absolute atomic E-state index is 3.62. The molecule has 0 aromatic rings. The Labute approximate surface area is 113 Å². The zero-order chi connectivity index (χ0) is 12.8. The van der Waals surface area contributed by atoms with Crippen LogP contribution in [0.15, 0.2) is 0 Å². The van der Waals surface area contributed by atoms with Crippen molar-refractivity contribution in [1.29, 1.82) is 0 Å². The zero-order valence-corrected chi connectivity index (χ0v) is 12.4. The number of nitrogens with one attached hydrogen (secondary N) is 1. The second-order valence-electron chi connectivity index (χ2n) is 7.82. The van der Waals surface area contributed by atoms with Gasteiger partial charge in [-0.3, -0.25) is 4.90 Å². The quantitative estimate of drug-likeness (QED) is 0.770. The minimum absolute atomic E-state index is 0.582. The number of fused-ring (bicyclic) bond motifs is 1. The maximum atomic E-state index is 3.62. The molecule has 0 aromatic heterocycles. The van der Waals surface area contributed by atoms with E-state index >= 15 is 0 Å². The Morgan fingerprint density at radius 3 is 2.72 bits per heavy atom. The molecule has 104 valence electrons. The lowest BCUT2D eigenvalue weighted by Gasteiger charge is -2.49. The molecule has 4 unspecified atom stereocenters. The van der Waals surface area contributed by atoms with Gasteiger partial charge in [-0.25, -0.2) is 0 Å². The summed E-state index contributed by atoms with van der Waals surface area (Å²) >= 11 is 0. The first-order valence-electron chi connectivity index (χ1n) is 8.03. The van der Waals surface area contributed by atoms with E-state index < -0.39 is 0 Å². The van der Waals surface area contributed by atoms with Crippen molar-refractivity contribution < 1.29 is 0 Å². The zero-order valence-electron chi connectivity index (χ0n) is 12.4. The molecule has 0 radical (unpaired) electrons. The molecular formula is C16H30N2. The van der Waals surface area contributed by atoms with E-state index in [2.05, 4.69) is 31.0 Å². The Kier molecular flexibility index (Phi) is 3.44. The van der Waals surface area contributed by atoms with Crippen molar-refractivity contribution in [3.8, 4) is 0 Å². The van der Waals surface area contributed by atoms with Gasteiger partial charge in [0.15, 0.2) is 0 Å². The molecule has 1 saturated carbocycles. The Hall–Kier alpha value is -0.0800. The number of piperidine rings is 1. The first-order valence-corrected chi connectivity index (χ1v) is 8.03. The van der Waals surface area contributed by atoms with Crippen molar-refractivity contribution in [1.82, 2.24) is 10.2 Å². The summed E-state index contributed by atoms with van der Waals surface area (Å²) in [6, 6.07) is 1.72. The van der Waals surface area contributed by atoms with Gasteiger partial charge in [-0.1, -0.05) is 20.8 Å². The molecule has 0 aromatic carbocycles. The highest BCUT2D eigenvalue weighted by Gasteiger charge is 2.42. The molecule has 0 amide bonds. The van der Waals surface area contributed by atoms with E-state index in [0.717, 1.165) is 23.9 Å². The predicted octanol–water partition coefficient (Wildman–Crippen LogP) is 2.89. The molecule has 0 bridgehead atoms. The van der Waals surface area contributed by atoms with E-state index in [-0.39, 0.29) is 0 Å². The molecule has 18 heavy (non-hydrogen) atoms. The van der Waals surface area contributed by atoms with E-state index in [1.807, 2.05) is 0 Å². The average molecular weight is 250 g/mol. The third-order valence-corrected chi connectivity index (χ3v) is 5.80. The molecular weight excluding hydrogens is 220 g/mol. The van der Waals surface area contributed by atoms with E-state index in [9.17, 15) is 0 Å². The second kappa shape index (κ2) is 4.79. The van der Waals surface area contributed by atoms with Gasteiger partial charge in [0.25, 0.3) is 0 Å². The van der Waals surface area contributed by atoms with Gasteiger partial charge in [-0.15, -0.1) is 0 Å². The van der Waals surface area contributed by atoms with Crippen LogP contribution < -0.4 is 5.32 Å². The Balaban J connectivity index is 1.70. The van der Waals surface area contributed by atoms with E-state index in [1.165, 1.54) is 51.7 Å². The minimum atomic E-state index is 0.582. The van der Waals surface area contributed by atoms with Gasteiger partial charge in [-0.05, 0) is 62.4 Å². The summed E-state index contributed by atoms with van der Waals surface area (Å²) in [4.78, 5) is 2.90. The smallest absolute Gasteiger partial charge is 0.0264 e. The van der Waals surface area contributed by atoms with Gasteiger partial charge < -0.3 is 5.32 Å². The third-order valence-electron chi connectivity index (χ3n) is 5.80. The summed E-state index contributed by atoms with van der Waals surface area (Å²) in [5.41, 5.74) is 0.582. The molecule has 2 saturated heterocycles. The number of hydrogen-bond donors (Lipinski definition) is 1. The molecule has 1 N–H and O–H groups in total.